The summed E-state index contributed by atoms with van der Waals surface area (Å²) in [4.78, 5) is 22.2. The zero-order chi connectivity index (χ0) is 14.3. The first kappa shape index (κ1) is 15.2. The van der Waals surface area contributed by atoms with E-state index in [1.54, 1.807) is 0 Å². The number of nitrogens with two attached hydrogens (primary N) is 1. The number of rotatable bonds is 6. The lowest BCUT2D eigenvalue weighted by Crippen LogP contribution is -2.33. The number of esters is 2. The minimum atomic E-state index is -0.647. The van der Waals surface area contributed by atoms with E-state index >= 15 is 0 Å². The molecule has 0 aliphatic carbocycles. The smallest absolute Gasteiger partial charge is 0.322 e. The number of methoxy groups -OCH3 is 2. The predicted molar refractivity (Wildman–Crippen MR) is 70.5 cm³/mol. The molecule has 0 aliphatic rings. The summed E-state index contributed by atoms with van der Waals surface area (Å²) < 4.78 is 9.15. The summed E-state index contributed by atoms with van der Waals surface area (Å²) in [6.45, 7) is 0. The zero-order valence-electron chi connectivity index (χ0n) is 11.2. The fraction of sp³-hybridized carbons (Fsp3) is 0.429. The lowest BCUT2D eigenvalue weighted by molar-refractivity contribution is -0.142. The van der Waals surface area contributed by atoms with E-state index in [4.69, 9.17) is 5.73 Å². The SMILES string of the molecule is COC(=O)CCc1ccc(C[C@H](N)C(=O)OC)cc1. The Balaban J connectivity index is 2.52. The molecule has 0 aliphatic heterocycles. The van der Waals surface area contributed by atoms with Gasteiger partial charge in [0.25, 0.3) is 0 Å². The molecule has 1 aromatic carbocycles. The van der Waals surface area contributed by atoms with Crippen LogP contribution in [0.1, 0.15) is 17.5 Å². The van der Waals surface area contributed by atoms with E-state index in [-0.39, 0.29) is 5.97 Å². The standard InChI is InChI=1S/C14H19NO4/c1-18-13(16)8-7-10-3-5-11(6-4-10)9-12(15)14(17)19-2/h3-6,12H,7-9,15H2,1-2H3/t12-/m0/s1. The Kier molecular flexibility index (Phi) is 6.02. The normalized spacial score (nSPS) is 11.7. The molecule has 1 aromatic rings. The second kappa shape index (κ2) is 7.53. The van der Waals surface area contributed by atoms with Gasteiger partial charge in [0.1, 0.15) is 6.04 Å². The number of carbonyl (C=O) groups is 2. The molecule has 104 valence electrons. The van der Waals surface area contributed by atoms with Crippen molar-refractivity contribution >= 4 is 11.9 Å². The molecule has 0 amide bonds. The fourth-order valence-corrected chi connectivity index (χ4v) is 1.68. The summed E-state index contributed by atoms with van der Waals surface area (Å²) in [5.74, 6) is -0.647. The maximum absolute atomic E-state index is 11.2. The molecule has 0 saturated carbocycles. The average Bonchev–Trinajstić information content (AvgIpc) is 2.45. The molecule has 0 radical (unpaired) electrons. The van der Waals surface area contributed by atoms with Crippen molar-refractivity contribution in [2.45, 2.75) is 25.3 Å². The molecule has 19 heavy (non-hydrogen) atoms. The molecule has 0 saturated heterocycles. The lowest BCUT2D eigenvalue weighted by atomic mass is 10.0. The minimum absolute atomic E-state index is 0.225. The molecule has 2 N–H and O–H groups in total. The highest BCUT2D eigenvalue weighted by Crippen LogP contribution is 2.09. The van der Waals surface area contributed by atoms with Gasteiger partial charge in [0.05, 0.1) is 14.2 Å². The number of aryl methyl sites for hydroxylation is 1. The highest BCUT2D eigenvalue weighted by atomic mass is 16.5. The van der Waals surface area contributed by atoms with Gasteiger partial charge in [-0.1, -0.05) is 24.3 Å². The van der Waals surface area contributed by atoms with Gasteiger partial charge >= 0.3 is 11.9 Å². The van der Waals surface area contributed by atoms with Crippen molar-refractivity contribution in [1.29, 1.82) is 0 Å². The van der Waals surface area contributed by atoms with Gasteiger partial charge < -0.3 is 15.2 Å². The van der Waals surface area contributed by atoms with E-state index in [2.05, 4.69) is 9.47 Å². The van der Waals surface area contributed by atoms with Crippen LogP contribution < -0.4 is 5.73 Å². The molecule has 0 unspecified atom stereocenters. The van der Waals surface area contributed by atoms with Crippen molar-refractivity contribution in [3.05, 3.63) is 35.4 Å². The lowest BCUT2D eigenvalue weighted by Gasteiger charge is -2.09. The first-order valence-electron chi connectivity index (χ1n) is 6.05. The zero-order valence-corrected chi connectivity index (χ0v) is 11.2. The maximum Gasteiger partial charge on any atom is 0.322 e. The quantitative estimate of drug-likeness (QED) is 0.771. The number of ether oxygens (including phenoxy) is 2. The number of hydrogen-bond donors (Lipinski definition) is 1. The first-order valence-corrected chi connectivity index (χ1v) is 6.05. The van der Waals surface area contributed by atoms with Crippen molar-refractivity contribution in [1.82, 2.24) is 0 Å². The monoisotopic (exact) mass is 265 g/mol. The molecule has 0 aromatic heterocycles. The average molecular weight is 265 g/mol. The maximum atomic E-state index is 11.2. The molecule has 0 fully saturated rings. The Bertz CT molecular complexity index is 428. The van der Waals surface area contributed by atoms with Gasteiger partial charge in [0.15, 0.2) is 0 Å². The Morgan fingerprint density at radius 1 is 1.11 bits per heavy atom. The van der Waals surface area contributed by atoms with Gasteiger partial charge in [-0.05, 0) is 24.0 Å². The summed E-state index contributed by atoms with van der Waals surface area (Å²) in [7, 11) is 2.69. The predicted octanol–water partition coefficient (Wildman–Crippen LogP) is 0.835. The van der Waals surface area contributed by atoms with Crippen molar-refractivity contribution in [3.63, 3.8) is 0 Å². The third-order valence-corrected chi connectivity index (χ3v) is 2.83. The van der Waals surface area contributed by atoms with Crippen molar-refractivity contribution in [3.8, 4) is 0 Å². The van der Waals surface area contributed by atoms with Crippen molar-refractivity contribution in [2.24, 2.45) is 5.73 Å². The molecule has 0 bridgehead atoms. The van der Waals surface area contributed by atoms with Gasteiger partial charge in [-0.2, -0.15) is 0 Å². The molecule has 0 heterocycles. The summed E-state index contributed by atoms with van der Waals surface area (Å²) >= 11 is 0. The van der Waals surface area contributed by atoms with Crippen LogP contribution in [0.5, 0.6) is 0 Å². The molecule has 1 atom stereocenters. The van der Waals surface area contributed by atoms with E-state index in [9.17, 15) is 9.59 Å². The van der Waals surface area contributed by atoms with Crippen LogP contribution in [-0.4, -0.2) is 32.2 Å². The summed E-state index contributed by atoms with van der Waals surface area (Å²) in [5.41, 5.74) is 7.68. The van der Waals surface area contributed by atoms with E-state index in [1.807, 2.05) is 24.3 Å². The highest BCUT2D eigenvalue weighted by molar-refractivity contribution is 5.75. The molecule has 5 heteroatoms. The Labute approximate surface area is 112 Å². The summed E-state index contributed by atoms with van der Waals surface area (Å²) in [6, 6.07) is 6.99. The van der Waals surface area contributed by atoms with Crippen LogP contribution in [0.4, 0.5) is 0 Å². The fourth-order valence-electron chi connectivity index (χ4n) is 1.68. The van der Waals surface area contributed by atoms with Gasteiger partial charge in [0.2, 0.25) is 0 Å². The van der Waals surface area contributed by atoms with Crippen LogP contribution in [0.15, 0.2) is 24.3 Å². The molecule has 5 nitrogen and oxygen atoms in total. The summed E-state index contributed by atoms with van der Waals surface area (Å²) in [6.07, 6.45) is 1.43. The van der Waals surface area contributed by atoms with Gasteiger partial charge in [-0.15, -0.1) is 0 Å². The molecule has 0 spiro atoms. The van der Waals surface area contributed by atoms with Gasteiger partial charge in [-0.25, -0.2) is 0 Å². The Hall–Kier alpha value is -1.88. The molecular formula is C14H19NO4. The van der Waals surface area contributed by atoms with Crippen LogP contribution in [-0.2, 0) is 31.9 Å². The van der Waals surface area contributed by atoms with Crippen molar-refractivity contribution in [2.75, 3.05) is 14.2 Å². The Morgan fingerprint density at radius 3 is 2.21 bits per heavy atom. The number of hydrogen-bond acceptors (Lipinski definition) is 5. The largest absolute Gasteiger partial charge is 0.469 e. The third kappa shape index (κ3) is 5.09. The van der Waals surface area contributed by atoms with Crippen LogP contribution in [0, 0.1) is 0 Å². The van der Waals surface area contributed by atoms with E-state index in [0.29, 0.717) is 19.3 Å². The molecular weight excluding hydrogens is 246 g/mol. The first-order chi connectivity index (χ1) is 9.06. The van der Waals surface area contributed by atoms with E-state index < -0.39 is 12.0 Å². The topological polar surface area (TPSA) is 78.6 Å². The van der Waals surface area contributed by atoms with E-state index in [0.717, 1.165) is 11.1 Å². The van der Waals surface area contributed by atoms with Crippen LogP contribution in [0.2, 0.25) is 0 Å². The van der Waals surface area contributed by atoms with Gasteiger partial charge in [-0.3, -0.25) is 9.59 Å². The van der Waals surface area contributed by atoms with E-state index in [1.165, 1.54) is 14.2 Å². The van der Waals surface area contributed by atoms with Crippen LogP contribution >= 0.6 is 0 Å². The molecule has 1 rings (SSSR count). The Morgan fingerprint density at radius 2 is 1.68 bits per heavy atom. The highest BCUT2D eigenvalue weighted by Gasteiger charge is 2.13. The van der Waals surface area contributed by atoms with Crippen LogP contribution in [0.25, 0.3) is 0 Å². The summed E-state index contributed by atoms with van der Waals surface area (Å²) in [5, 5.41) is 0. The van der Waals surface area contributed by atoms with Crippen LogP contribution in [0.3, 0.4) is 0 Å². The van der Waals surface area contributed by atoms with Gasteiger partial charge in [0, 0.05) is 6.42 Å². The second-order valence-corrected chi connectivity index (χ2v) is 4.23. The number of carbonyl (C=O) groups excluding carboxylic acids is 2. The third-order valence-electron chi connectivity index (χ3n) is 2.83. The van der Waals surface area contributed by atoms with Crippen molar-refractivity contribution < 1.29 is 19.1 Å². The second-order valence-electron chi connectivity index (χ2n) is 4.23. The number of benzene rings is 1. The minimum Gasteiger partial charge on any atom is -0.469 e.